The Balaban J connectivity index is 1.86. The lowest BCUT2D eigenvalue weighted by Gasteiger charge is -2.16. The van der Waals surface area contributed by atoms with E-state index in [9.17, 15) is 14.4 Å². The van der Waals surface area contributed by atoms with Gasteiger partial charge in [-0.15, -0.1) is 0 Å². The first-order valence-corrected chi connectivity index (χ1v) is 10.6. The molecule has 0 radical (unpaired) electrons. The average Bonchev–Trinajstić information content (AvgIpc) is 3.36. The predicted octanol–water partition coefficient (Wildman–Crippen LogP) is 0.825. The van der Waals surface area contributed by atoms with Gasteiger partial charge in [-0.3, -0.25) is 19.0 Å². The molecule has 7 heteroatoms. The van der Waals surface area contributed by atoms with Gasteiger partial charge in [-0.2, -0.15) is 0 Å². The van der Waals surface area contributed by atoms with Gasteiger partial charge in [0.2, 0.25) is 5.91 Å². The fraction of sp³-hybridized carbons (Fsp3) is 0.240. The van der Waals surface area contributed by atoms with Crippen LogP contribution in [0.5, 0.6) is 5.75 Å². The van der Waals surface area contributed by atoms with Gasteiger partial charge in [0.15, 0.2) is 0 Å². The number of carbonyl (C=O) groups excluding carboxylic acids is 1. The van der Waals surface area contributed by atoms with Crippen molar-refractivity contribution in [2.24, 2.45) is 0 Å². The Kier molecular flexibility index (Phi) is 6.35. The summed E-state index contributed by atoms with van der Waals surface area (Å²) in [5, 5.41) is 0.278. The molecule has 0 spiro atoms. The van der Waals surface area contributed by atoms with E-state index >= 15 is 0 Å². The fourth-order valence-corrected chi connectivity index (χ4v) is 3.79. The van der Waals surface area contributed by atoms with Gasteiger partial charge >= 0.3 is 0 Å². The maximum absolute atomic E-state index is 13.4. The summed E-state index contributed by atoms with van der Waals surface area (Å²) < 4.78 is 6.44. The van der Waals surface area contributed by atoms with E-state index in [1.807, 2.05) is 30.3 Å². The van der Waals surface area contributed by atoms with Crippen LogP contribution in [0.15, 0.2) is 64.2 Å². The topological polar surface area (TPSA) is 84.4 Å². The monoisotopic (exact) mass is 431 g/mol. The maximum atomic E-state index is 13.4. The molecule has 7 nitrogen and oxygen atoms in total. The number of hydrogen-bond donors (Lipinski definition) is 1. The normalized spacial score (nSPS) is 14.7. The van der Waals surface area contributed by atoms with Crippen LogP contribution < -0.4 is 26.6 Å². The van der Waals surface area contributed by atoms with Gasteiger partial charge in [-0.25, -0.2) is 0 Å². The van der Waals surface area contributed by atoms with Crippen LogP contribution in [0.1, 0.15) is 24.0 Å². The van der Waals surface area contributed by atoms with Gasteiger partial charge in [-0.1, -0.05) is 42.5 Å². The Bertz CT molecular complexity index is 1330. The van der Waals surface area contributed by atoms with Crippen LogP contribution in [-0.4, -0.2) is 40.6 Å². The standard InChI is InChI=1S/C25H25N3O4/c1-32-20-11-9-19(10-12-20)15-21-25(31)28(17-23(29)27-13-5-6-14-27)22(24(30)26-21)16-18-7-3-2-4-8-18/h2-4,7-12,15-16H,5-6,13-14,17H2,1H3,(H,26,30). The first kappa shape index (κ1) is 21.4. The molecule has 164 valence electrons. The quantitative estimate of drug-likeness (QED) is 0.649. The Labute approximate surface area is 184 Å². The third kappa shape index (κ3) is 4.72. The number of methoxy groups -OCH3 is 1. The molecule has 1 aliphatic heterocycles. The van der Waals surface area contributed by atoms with Crippen LogP contribution in [-0.2, 0) is 11.3 Å². The van der Waals surface area contributed by atoms with Crippen molar-refractivity contribution >= 4 is 18.1 Å². The molecule has 1 aliphatic rings. The van der Waals surface area contributed by atoms with Crippen molar-refractivity contribution in [3.8, 4) is 5.75 Å². The summed E-state index contributed by atoms with van der Waals surface area (Å²) in [5.41, 5.74) is 0.653. The Hall–Kier alpha value is -3.87. The summed E-state index contributed by atoms with van der Waals surface area (Å²) in [5.74, 6) is 0.533. The molecule has 2 heterocycles. The number of hydrogen-bond acceptors (Lipinski definition) is 4. The minimum Gasteiger partial charge on any atom is -0.497 e. The highest BCUT2D eigenvalue weighted by Crippen LogP contribution is 2.11. The average molecular weight is 431 g/mol. The molecule has 0 atom stereocenters. The van der Waals surface area contributed by atoms with E-state index in [4.69, 9.17) is 4.74 Å². The SMILES string of the molecule is COc1ccc(C=c2[nH]c(=O)c(=Cc3ccccc3)n(CC(=O)N3CCCC3)c2=O)cc1. The molecule has 1 amide bonds. The van der Waals surface area contributed by atoms with Crippen molar-refractivity contribution in [1.29, 1.82) is 0 Å². The van der Waals surface area contributed by atoms with Crippen molar-refractivity contribution in [1.82, 2.24) is 14.5 Å². The first-order chi connectivity index (χ1) is 15.5. The molecule has 0 saturated carbocycles. The number of amides is 1. The van der Waals surface area contributed by atoms with E-state index < -0.39 is 11.1 Å². The first-order valence-electron chi connectivity index (χ1n) is 10.6. The van der Waals surface area contributed by atoms with Crippen LogP contribution in [0.4, 0.5) is 0 Å². The molecule has 1 aromatic heterocycles. The third-order valence-electron chi connectivity index (χ3n) is 5.53. The molecule has 0 aliphatic carbocycles. The smallest absolute Gasteiger partial charge is 0.275 e. The van der Waals surface area contributed by atoms with Gasteiger partial charge in [0, 0.05) is 13.1 Å². The van der Waals surface area contributed by atoms with Crippen molar-refractivity contribution in [2.75, 3.05) is 20.2 Å². The maximum Gasteiger partial charge on any atom is 0.275 e. The third-order valence-corrected chi connectivity index (χ3v) is 5.53. The lowest BCUT2D eigenvalue weighted by molar-refractivity contribution is -0.130. The molecular weight excluding hydrogens is 406 g/mol. The van der Waals surface area contributed by atoms with E-state index in [1.54, 1.807) is 48.4 Å². The Morgan fingerprint density at radius 3 is 2.28 bits per heavy atom. The highest BCUT2D eigenvalue weighted by Gasteiger charge is 2.19. The summed E-state index contributed by atoms with van der Waals surface area (Å²) in [6.07, 6.45) is 5.14. The van der Waals surface area contributed by atoms with Crippen molar-refractivity contribution < 1.29 is 9.53 Å². The number of nitrogens with zero attached hydrogens (tertiary/aromatic N) is 2. The molecule has 1 saturated heterocycles. The number of benzene rings is 2. The van der Waals surface area contributed by atoms with Crippen LogP contribution in [0.3, 0.4) is 0 Å². The predicted molar refractivity (Wildman–Crippen MR) is 123 cm³/mol. The minimum absolute atomic E-state index is 0.125. The molecule has 2 aromatic carbocycles. The van der Waals surface area contributed by atoms with Gasteiger partial charge in [0.05, 0.1) is 7.11 Å². The van der Waals surface area contributed by atoms with Gasteiger partial charge in [0.1, 0.15) is 23.0 Å². The Morgan fingerprint density at radius 2 is 1.62 bits per heavy atom. The molecule has 4 rings (SSSR count). The molecule has 0 unspecified atom stereocenters. The van der Waals surface area contributed by atoms with Gasteiger partial charge in [-0.05, 0) is 48.3 Å². The second-order valence-electron chi connectivity index (χ2n) is 7.70. The highest BCUT2D eigenvalue weighted by atomic mass is 16.5. The molecule has 0 bridgehead atoms. The van der Waals surface area contributed by atoms with E-state index in [0.29, 0.717) is 18.8 Å². The van der Waals surface area contributed by atoms with E-state index in [1.165, 1.54) is 4.57 Å². The van der Waals surface area contributed by atoms with Crippen molar-refractivity contribution in [3.05, 3.63) is 97.1 Å². The van der Waals surface area contributed by atoms with Crippen LogP contribution in [0.2, 0.25) is 0 Å². The minimum atomic E-state index is -0.428. The number of aromatic nitrogens is 2. The van der Waals surface area contributed by atoms with Crippen LogP contribution >= 0.6 is 0 Å². The molecular formula is C25H25N3O4. The second-order valence-corrected chi connectivity index (χ2v) is 7.70. The highest BCUT2D eigenvalue weighted by molar-refractivity contribution is 5.76. The van der Waals surface area contributed by atoms with Crippen molar-refractivity contribution in [3.63, 3.8) is 0 Å². The summed E-state index contributed by atoms with van der Waals surface area (Å²) in [6, 6.07) is 16.4. The number of H-pyrrole nitrogens is 1. The van der Waals surface area contributed by atoms with E-state index in [0.717, 1.165) is 24.0 Å². The zero-order valence-electron chi connectivity index (χ0n) is 17.9. The summed E-state index contributed by atoms with van der Waals surface area (Å²) in [4.78, 5) is 43.6. The number of aromatic amines is 1. The van der Waals surface area contributed by atoms with Crippen LogP contribution in [0.25, 0.3) is 12.2 Å². The summed E-state index contributed by atoms with van der Waals surface area (Å²) in [6.45, 7) is 1.18. The lowest BCUT2D eigenvalue weighted by Crippen LogP contribution is -2.55. The number of carbonyl (C=O) groups is 1. The molecule has 1 fully saturated rings. The van der Waals surface area contributed by atoms with Gasteiger partial charge < -0.3 is 14.6 Å². The zero-order valence-corrected chi connectivity index (χ0v) is 17.9. The summed E-state index contributed by atoms with van der Waals surface area (Å²) in [7, 11) is 1.58. The van der Waals surface area contributed by atoms with Crippen LogP contribution in [0, 0.1) is 0 Å². The Morgan fingerprint density at radius 1 is 0.969 bits per heavy atom. The number of ether oxygens (including phenoxy) is 1. The summed E-state index contributed by atoms with van der Waals surface area (Å²) >= 11 is 0. The lowest BCUT2D eigenvalue weighted by atomic mass is 10.2. The zero-order chi connectivity index (χ0) is 22.5. The number of likely N-dealkylation sites (tertiary alicyclic amines) is 1. The van der Waals surface area contributed by atoms with Gasteiger partial charge in [0.25, 0.3) is 11.1 Å². The molecule has 3 aromatic rings. The number of rotatable bonds is 5. The second kappa shape index (κ2) is 9.51. The number of nitrogens with one attached hydrogen (secondary N) is 1. The van der Waals surface area contributed by atoms with E-state index in [-0.39, 0.29) is 23.2 Å². The molecule has 1 N–H and O–H groups in total. The largest absolute Gasteiger partial charge is 0.497 e. The fourth-order valence-electron chi connectivity index (χ4n) is 3.79. The van der Waals surface area contributed by atoms with Crippen molar-refractivity contribution in [2.45, 2.75) is 19.4 Å². The van der Waals surface area contributed by atoms with E-state index in [2.05, 4.69) is 4.98 Å². The molecule has 32 heavy (non-hydrogen) atoms.